The van der Waals surface area contributed by atoms with Gasteiger partial charge in [-0.05, 0) is 6.54 Å². The minimum absolute atomic E-state index is 0.368. The topological polar surface area (TPSA) is 24.5 Å². The molecular formula is C8H16N2O. The summed E-state index contributed by atoms with van der Waals surface area (Å²) < 4.78 is 5.48. The van der Waals surface area contributed by atoms with Crippen LogP contribution in [0.5, 0.6) is 0 Å². The predicted molar refractivity (Wildman–Crippen MR) is 43.7 cm³/mol. The van der Waals surface area contributed by atoms with E-state index in [4.69, 9.17) is 4.74 Å². The van der Waals surface area contributed by atoms with Gasteiger partial charge < -0.3 is 10.1 Å². The Labute approximate surface area is 67.7 Å². The van der Waals surface area contributed by atoms with Crippen molar-refractivity contribution < 1.29 is 4.74 Å². The van der Waals surface area contributed by atoms with E-state index in [0.29, 0.717) is 5.54 Å². The second kappa shape index (κ2) is 2.73. The Bertz CT molecular complexity index is 145. The Morgan fingerprint density at radius 2 is 2.36 bits per heavy atom. The third kappa shape index (κ3) is 1.08. The van der Waals surface area contributed by atoms with Crippen molar-refractivity contribution in [3.8, 4) is 0 Å². The van der Waals surface area contributed by atoms with Gasteiger partial charge in [0.2, 0.25) is 0 Å². The molecule has 3 heteroatoms. The van der Waals surface area contributed by atoms with Gasteiger partial charge in [-0.25, -0.2) is 0 Å². The molecule has 2 aliphatic heterocycles. The van der Waals surface area contributed by atoms with E-state index in [2.05, 4.69) is 17.1 Å². The summed E-state index contributed by atoms with van der Waals surface area (Å²) in [5, 5.41) is 3.31. The molecule has 0 aliphatic carbocycles. The van der Waals surface area contributed by atoms with Gasteiger partial charge in [-0.15, -0.1) is 0 Å². The number of nitrogens with one attached hydrogen (secondary N) is 1. The molecule has 0 aromatic carbocycles. The number of likely N-dealkylation sites (N-methyl/N-ethyl adjacent to an activating group) is 1. The fourth-order valence-electron chi connectivity index (χ4n) is 2.00. The first-order chi connectivity index (χ1) is 5.37. The lowest BCUT2D eigenvalue weighted by Crippen LogP contribution is -2.73. The molecular weight excluding hydrogens is 140 g/mol. The van der Waals surface area contributed by atoms with Crippen LogP contribution >= 0.6 is 0 Å². The molecule has 1 N–H and O–H groups in total. The van der Waals surface area contributed by atoms with Gasteiger partial charge in [-0.3, -0.25) is 4.90 Å². The highest BCUT2D eigenvalue weighted by molar-refractivity contribution is 5.03. The first-order valence-electron chi connectivity index (χ1n) is 4.41. The summed E-state index contributed by atoms with van der Waals surface area (Å²) in [4.78, 5) is 2.53. The third-order valence-corrected chi connectivity index (χ3v) is 2.84. The minimum Gasteiger partial charge on any atom is -0.378 e. The van der Waals surface area contributed by atoms with Crippen molar-refractivity contribution in [2.24, 2.45) is 0 Å². The summed E-state index contributed by atoms with van der Waals surface area (Å²) >= 11 is 0. The summed E-state index contributed by atoms with van der Waals surface area (Å²) in [6.07, 6.45) is 0. The fourth-order valence-corrected chi connectivity index (χ4v) is 2.00. The van der Waals surface area contributed by atoms with Crippen LogP contribution in [0, 0.1) is 0 Å². The summed E-state index contributed by atoms with van der Waals surface area (Å²) in [7, 11) is 0. The van der Waals surface area contributed by atoms with Gasteiger partial charge >= 0.3 is 0 Å². The number of hydrogen-bond donors (Lipinski definition) is 1. The van der Waals surface area contributed by atoms with Gasteiger partial charge in [0.25, 0.3) is 0 Å². The lowest BCUT2D eigenvalue weighted by molar-refractivity contribution is -0.0903. The van der Waals surface area contributed by atoms with Crippen LogP contribution in [0.3, 0.4) is 0 Å². The molecule has 2 aliphatic rings. The molecule has 2 fully saturated rings. The Balaban J connectivity index is 2.02. The quantitative estimate of drug-likeness (QED) is 0.563. The van der Waals surface area contributed by atoms with Crippen molar-refractivity contribution in [1.82, 2.24) is 10.2 Å². The van der Waals surface area contributed by atoms with Gasteiger partial charge in [0.1, 0.15) is 0 Å². The lowest BCUT2D eigenvalue weighted by Gasteiger charge is -2.52. The molecule has 64 valence electrons. The van der Waals surface area contributed by atoms with Crippen LogP contribution in [0.4, 0.5) is 0 Å². The summed E-state index contributed by atoms with van der Waals surface area (Å²) in [6, 6.07) is 0. The molecule has 0 aromatic heterocycles. The first-order valence-corrected chi connectivity index (χ1v) is 4.41. The second-order valence-electron chi connectivity index (χ2n) is 3.46. The summed E-state index contributed by atoms with van der Waals surface area (Å²) in [6.45, 7) is 8.56. The molecule has 0 bridgehead atoms. The van der Waals surface area contributed by atoms with Crippen molar-refractivity contribution in [3.63, 3.8) is 0 Å². The van der Waals surface area contributed by atoms with E-state index in [1.807, 2.05) is 0 Å². The van der Waals surface area contributed by atoms with E-state index in [-0.39, 0.29) is 0 Å². The highest BCUT2D eigenvalue weighted by Crippen LogP contribution is 2.23. The maximum absolute atomic E-state index is 5.48. The molecule has 0 radical (unpaired) electrons. The minimum atomic E-state index is 0.368. The van der Waals surface area contributed by atoms with Crippen molar-refractivity contribution in [3.05, 3.63) is 0 Å². The Kier molecular flexibility index (Phi) is 1.87. The molecule has 0 saturated carbocycles. The molecule has 2 heterocycles. The van der Waals surface area contributed by atoms with Gasteiger partial charge in [0.05, 0.1) is 18.8 Å². The van der Waals surface area contributed by atoms with Crippen LogP contribution < -0.4 is 5.32 Å². The van der Waals surface area contributed by atoms with Crippen LogP contribution in [-0.2, 0) is 4.74 Å². The smallest absolute Gasteiger partial charge is 0.0694 e. The predicted octanol–water partition coefficient (Wildman–Crippen LogP) is -0.319. The third-order valence-electron chi connectivity index (χ3n) is 2.84. The van der Waals surface area contributed by atoms with E-state index in [1.165, 1.54) is 0 Å². The highest BCUT2D eigenvalue weighted by Gasteiger charge is 2.43. The zero-order valence-electron chi connectivity index (χ0n) is 7.10. The van der Waals surface area contributed by atoms with Crippen molar-refractivity contribution in [2.45, 2.75) is 12.5 Å². The molecule has 11 heavy (non-hydrogen) atoms. The van der Waals surface area contributed by atoms with Gasteiger partial charge in [-0.1, -0.05) is 6.92 Å². The van der Waals surface area contributed by atoms with E-state index in [0.717, 1.165) is 39.4 Å². The molecule has 0 unspecified atom stereocenters. The lowest BCUT2D eigenvalue weighted by atomic mass is 9.90. The number of rotatable bonds is 1. The second-order valence-corrected chi connectivity index (χ2v) is 3.46. The van der Waals surface area contributed by atoms with Crippen LogP contribution in [0.25, 0.3) is 0 Å². The van der Waals surface area contributed by atoms with E-state index in [1.54, 1.807) is 0 Å². The molecule has 0 aromatic rings. The number of nitrogens with zero attached hydrogens (tertiary/aromatic N) is 1. The maximum atomic E-state index is 5.48. The number of ether oxygens (including phenoxy) is 1. The standard InChI is InChI=1S/C8H16N2O/c1-2-10-3-4-11-7-8(10)5-9-6-8/h9H,2-7H2,1H3. The monoisotopic (exact) mass is 156 g/mol. The fraction of sp³-hybridized carbons (Fsp3) is 1.00. The number of hydrogen-bond acceptors (Lipinski definition) is 3. The first kappa shape index (κ1) is 7.53. The van der Waals surface area contributed by atoms with Crippen molar-refractivity contribution in [1.29, 1.82) is 0 Å². The summed E-state index contributed by atoms with van der Waals surface area (Å²) in [5.41, 5.74) is 0.368. The molecule has 2 saturated heterocycles. The number of morpholine rings is 1. The van der Waals surface area contributed by atoms with Crippen LogP contribution in [-0.4, -0.2) is 49.8 Å². The Hall–Kier alpha value is -0.120. The molecule has 0 atom stereocenters. The highest BCUT2D eigenvalue weighted by atomic mass is 16.5. The van der Waals surface area contributed by atoms with E-state index < -0.39 is 0 Å². The van der Waals surface area contributed by atoms with Crippen molar-refractivity contribution >= 4 is 0 Å². The Morgan fingerprint density at radius 1 is 1.55 bits per heavy atom. The average molecular weight is 156 g/mol. The summed E-state index contributed by atoms with van der Waals surface area (Å²) in [5.74, 6) is 0. The van der Waals surface area contributed by atoms with E-state index >= 15 is 0 Å². The molecule has 1 spiro atoms. The van der Waals surface area contributed by atoms with E-state index in [9.17, 15) is 0 Å². The zero-order valence-corrected chi connectivity index (χ0v) is 7.10. The normalized spacial score (nSPS) is 30.3. The van der Waals surface area contributed by atoms with Crippen LogP contribution in [0.1, 0.15) is 6.92 Å². The largest absolute Gasteiger partial charge is 0.378 e. The van der Waals surface area contributed by atoms with Crippen LogP contribution in [0.2, 0.25) is 0 Å². The Morgan fingerprint density at radius 3 is 2.82 bits per heavy atom. The molecule has 0 amide bonds. The van der Waals surface area contributed by atoms with Crippen LogP contribution in [0.15, 0.2) is 0 Å². The zero-order chi connectivity index (χ0) is 7.73. The van der Waals surface area contributed by atoms with Crippen molar-refractivity contribution in [2.75, 3.05) is 39.4 Å². The molecule has 2 rings (SSSR count). The van der Waals surface area contributed by atoms with Gasteiger partial charge in [0, 0.05) is 19.6 Å². The van der Waals surface area contributed by atoms with Gasteiger partial charge in [0.15, 0.2) is 0 Å². The average Bonchev–Trinajstić information content (AvgIpc) is 2.01. The molecule has 3 nitrogen and oxygen atoms in total. The SMILES string of the molecule is CCN1CCOCC12CNC2. The van der Waals surface area contributed by atoms with Gasteiger partial charge in [-0.2, -0.15) is 0 Å². The maximum Gasteiger partial charge on any atom is 0.0694 e.